The van der Waals surface area contributed by atoms with E-state index in [4.69, 9.17) is 4.74 Å². The number of nitrogens with zero attached hydrogens (tertiary/aromatic N) is 3. The second-order valence-corrected chi connectivity index (χ2v) is 5.81. The van der Waals surface area contributed by atoms with Gasteiger partial charge in [0, 0.05) is 13.2 Å². The molecule has 1 aromatic carbocycles. The van der Waals surface area contributed by atoms with Gasteiger partial charge in [0.2, 0.25) is 0 Å². The third-order valence-corrected chi connectivity index (χ3v) is 3.81. The maximum absolute atomic E-state index is 14.0. The van der Waals surface area contributed by atoms with E-state index in [0.29, 0.717) is 12.8 Å². The van der Waals surface area contributed by atoms with Gasteiger partial charge in [-0.25, -0.2) is 9.37 Å². The Hall–Kier alpha value is -2.38. The van der Waals surface area contributed by atoms with Crippen molar-refractivity contribution in [2.24, 2.45) is 0 Å². The van der Waals surface area contributed by atoms with Gasteiger partial charge in [-0.1, -0.05) is 38.3 Å². The van der Waals surface area contributed by atoms with Crippen LogP contribution in [0.15, 0.2) is 30.5 Å². The molecule has 4 nitrogen and oxygen atoms in total. The molecule has 0 saturated carbocycles. The summed E-state index contributed by atoms with van der Waals surface area (Å²) < 4.78 is 59.3. The van der Waals surface area contributed by atoms with Crippen LogP contribution in [0.3, 0.4) is 0 Å². The first-order valence-corrected chi connectivity index (χ1v) is 8.40. The van der Waals surface area contributed by atoms with Gasteiger partial charge in [-0.15, -0.1) is 0 Å². The zero-order chi connectivity index (χ0) is 19.2. The van der Waals surface area contributed by atoms with Crippen LogP contribution in [0, 0.1) is 5.82 Å². The first kappa shape index (κ1) is 19.9. The van der Waals surface area contributed by atoms with Crippen LogP contribution in [-0.4, -0.2) is 23.6 Å². The second kappa shape index (κ2) is 8.82. The van der Waals surface area contributed by atoms with Crippen molar-refractivity contribution in [1.82, 2.24) is 9.97 Å². The summed E-state index contributed by atoms with van der Waals surface area (Å²) in [5, 5.41) is 0. The van der Waals surface area contributed by atoms with Crippen LogP contribution in [-0.2, 0) is 6.18 Å². The van der Waals surface area contributed by atoms with Crippen molar-refractivity contribution in [3.05, 3.63) is 41.8 Å². The van der Waals surface area contributed by atoms with Crippen LogP contribution in [0.25, 0.3) is 0 Å². The molecule has 26 heavy (non-hydrogen) atoms. The fourth-order valence-electron chi connectivity index (χ4n) is 2.41. The number of halogens is 4. The molecule has 0 aliphatic carbocycles. The Labute approximate surface area is 149 Å². The molecule has 0 saturated heterocycles. The van der Waals surface area contributed by atoms with E-state index in [0.717, 1.165) is 30.6 Å². The number of anilines is 2. The van der Waals surface area contributed by atoms with Crippen LogP contribution in [0.1, 0.15) is 38.2 Å². The van der Waals surface area contributed by atoms with Crippen molar-refractivity contribution in [2.45, 2.75) is 38.8 Å². The number of aromatic nitrogens is 2. The molecule has 2 aromatic rings. The number of benzene rings is 1. The molecule has 0 aliphatic heterocycles. The molecule has 2 rings (SSSR count). The van der Waals surface area contributed by atoms with Gasteiger partial charge in [-0.3, -0.25) is 0 Å². The molecule has 0 atom stereocenters. The highest BCUT2D eigenvalue weighted by atomic mass is 19.4. The van der Waals surface area contributed by atoms with E-state index < -0.39 is 23.4 Å². The number of hydrogen-bond acceptors (Lipinski definition) is 4. The SMILES string of the molecule is CCCCCCOc1ncc(C(F)(F)F)c(N(C)c2ccccc2F)n1. The van der Waals surface area contributed by atoms with E-state index in [1.165, 1.54) is 31.3 Å². The standard InChI is InChI=1S/C18H21F4N3O/c1-3-4-5-8-11-26-17-23-12-13(18(20,21)22)16(24-17)25(2)15-10-7-6-9-14(15)19/h6-7,9-10,12H,3-5,8,11H2,1-2H3. The Bertz CT molecular complexity index is 722. The van der Waals surface area contributed by atoms with E-state index >= 15 is 0 Å². The molecule has 0 N–H and O–H groups in total. The number of hydrogen-bond donors (Lipinski definition) is 0. The summed E-state index contributed by atoms with van der Waals surface area (Å²) in [7, 11) is 1.32. The maximum atomic E-state index is 14.0. The van der Waals surface area contributed by atoms with Gasteiger partial charge in [-0.05, 0) is 18.6 Å². The van der Waals surface area contributed by atoms with Crippen molar-refractivity contribution in [3.8, 4) is 6.01 Å². The van der Waals surface area contributed by atoms with Crippen LogP contribution >= 0.6 is 0 Å². The Morgan fingerprint density at radius 1 is 1.12 bits per heavy atom. The lowest BCUT2D eigenvalue weighted by molar-refractivity contribution is -0.137. The lowest BCUT2D eigenvalue weighted by Crippen LogP contribution is -2.20. The first-order chi connectivity index (χ1) is 12.3. The fourth-order valence-corrected chi connectivity index (χ4v) is 2.41. The summed E-state index contributed by atoms with van der Waals surface area (Å²) in [6, 6.07) is 5.39. The number of ether oxygens (including phenoxy) is 1. The molecule has 0 spiro atoms. The third-order valence-electron chi connectivity index (χ3n) is 3.81. The Kier molecular flexibility index (Phi) is 6.76. The van der Waals surface area contributed by atoms with E-state index in [2.05, 4.69) is 16.9 Å². The van der Waals surface area contributed by atoms with Gasteiger partial charge in [0.05, 0.1) is 12.3 Å². The number of para-hydroxylation sites is 1. The molecule has 0 unspecified atom stereocenters. The van der Waals surface area contributed by atoms with Gasteiger partial charge >= 0.3 is 12.2 Å². The highest BCUT2D eigenvalue weighted by molar-refractivity contribution is 5.63. The molecule has 0 bridgehead atoms. The zero-order valence-electron chi connectivity index (χ0n) is 14.7. The van der Waals surface area contributed by atoms with Crippen molar-refractivity contribution in [3.63, 3.8) is 0 Å². The number of unbranched alkanes of at least 4 members (excludes halogenated alkanes) is 3. The van der Waals surface area contributed by atoms with Crippen LogP contribution in [0.4, 0.5) is 29.1 Å². The molecule has 142 valence electrons. The normalized spacial score (nSPS) is 11.5. The van der Waals surface area contributed by atoms with Gasteiger partial charge in [-0.2, -0.15) is 18.2 Å². The quantitative estimate of drug-likeness (QED) is 0.462. The predicted octanol–water partition coefficient (Wildman–Crippen LogP) is 5.36. The van der Waals surface area contributed by atoms with Crippen molar-refractivity contribution in [2.75, 3.05) is 18.6 Å². The van der Waals surface area contributed by atoms with Gasteiger partial charge in [0.25, 0.3) is 0 Å². The molecule has 1 aromatic heterocycles. The molecular weight excluding hydrogens is 350 g/mol. The summed E-state index contributed by atoms with van der Waals surface area (Å²) in [5.41, 5.74) is -1.08. The summed E-state index contributed by atoms with van der Waals surface area (Å²) >= 11 is 0. The smallest absolute Gasteiger partial charge is 0.421 e. The maximum Gasteiger partial charge on any atom is 0.421 e. The van der Waals surface area contributed by atoms with Gasteiger partial charge in [0.1, 0.15) is 11.4 Å². The Balaban J connectivity index is 2.28. The second-order valence-electron chi connectivity index (χ2n) is 5.81. The van der Waals surface area contributed by atoms with Gasteiger partial charge in [0.15, 0.2) is 5.82 Å². The summed E-state index contributed by atoms with van der Waals surface area (Å²) in [6.45, 7) is 2.39. The van der Waals surface area contributed by atoms with Crippen LogP contribution in [0.5, 0.6) is 6.01 Å². The number of alkyl halides is 3. The average Bonchev–Trinajstić information content (AvgIpc) is 2.60. The van der Waals surface area contributed by atoms with Crippen molar-refractivity contribution < 1.29 is 22.3 Å². The Morgan fingerprint density at radius 2 is 1.85 bits per heavy atom. The third kappa shape index (κ3) is 5.06. The summed E-state index contributed by atoms with van der Waals surface area (Å²) in [4.78, 5) is 8.57. The average molecular weight is 371 g/mol. The van der Waals surface area contributed by atoms with Crippen molar-refractivity contribution in [1.29, 1.82) is 0 Å². The summed E-state index contributed by atoms with van der Waals surface area (Å²) in [6.07, 6.45) is -0.168. The zero-order valence-corrected chi connectivity index (χ0v) is 14.7. The lowest BCUT2D eigenvalue weighted by Gasteiger charge is -2.23. The largest absolute Gasteiger partial charge is 0.463 e. The molecule has 8 heteroatoms. The Morgan fingerprint density at radius 3 is 2.50 bits per heavy atom. The molecule has 0 radical (unpaired) electrons. The van der Waals surface area contributed by atoms with E-state index in [-0.39, 0.29) is 11.7 Å². The minimum Gasteiger partial charge on any atom is -0.463 e. The molecule has 0 aliphatic rings. The molecule has 1 heterocycles. The first-order valence-electron chi connectivity index (χ1n) is 8.40. The summed E-state index contributed by atoms with van der Waals surface area (Å²) in [5.74, 6) is -1.11. The lowest BCUT2D eigenvalue weighted by atomic mass is 10.2. The minimum absolute atomic E-state index is 0.0226. The molecule has 0 amide bonds. The number of rotatable bonds is 8. The monoisotopic (exact) mass is 371 g/mol. The van der Waals surface area contributed by atoms with Crippen LogP contribution in [0.2, 0.25) is 0 Å². The highest BCUT2D eigenvalue weighted by Gasteiger charge is 2.37. The predicted molar refractivity (Wildman–Crippen MR) is 91.1 cm³/mol. The molecular formula is C18H21F4N3O. The highest BCUT2D eigenvalue weighted by Crippen LogP contribution is 2.38. The van der Waals surface area contributed by atoms with Crippen molar-refractivity contribution >= 4 is 11.5 Å². The topological polar surface area (TPSA) is 38.2 Å². The van der Waals surface area contributed by atoms with Crippen LogP contribution < -0.4 is 9.64 Å². The molecule has 0 fully saturated rings. The fraction of sp³-hybridized carbons (Fsp3) is 0.444. The van der Waals surface area contributed by atoms with E-state index in [9.17, 15) is 17.6 Å². The van der Waals surface area contributed by atoms with E-state index in [1.54, 1.807) is 0 Å². The minimum atomic E-state index is -4.67. The van der Waals surface area contributed by atoms with Gasteiger partial charge < -0.3 is 9.64 Å². The van der Waals surface area contributed by atoms with E-state index in [1.807, 2.05) is 0 Å².